The summed E-state index contributed by atoms with van der Waals surface area (Å²) in [6, 6.07) is 9.38. The van der Waals surface area contributed by atoms with Crippen molar-refractivity contribution < 1.29 is 9.90 Å². The van der Waals surface area contributed by atoms with Crippen LogP contribution in [0.25, 0.3) is 0 Å². The van der Waals surface area contributed by atoms with Gasteiger partial charge in [0.15, 0.2) is 6.23 Å². The highest BCUT2D eigenvalue weighted by molar-refractivity contribution is 6.30. The monoisotopic (exact) mass is 374 g/mol. The van der Waals surface area contributed by atoms with E-state index in [1.165, 1.54) is 0 Å². The molecular formula is C19H23ClN4O2. The lowest BCUT2D eigenvalue weighted by Crippen LogP contribution is -2.31. The maximum atomic E-state index is 12.1. The van der Waals surface area contributed by atoms with Crippen LogP contribution in [0.4, 0.5) is 11.6 Å². The Kier molecular flexibility index (Phi) is 5.07. The fourth-order valence-electron chi connectivity index (χ4n) is 2.60. The predicted octanol–water partition coefficient (Wildman–Crippen LogP) is 3.86. The lowest BCUT2D eigenvalue weighted by Gasteiger charge is -2.28. The summed E-state index contributed by atoms with van der Waals surface area (Å²) in [4.78, 5) is 21.3. The van der Waals surface area contributed by atoms with Gasteiger partial charge in [0.2, 0.25) is 5.91 Å². The average molecular weight is 375 g/mol. The van der Waals surface area contributed by atoms with Crippen LogP contribution in [0.1, 0.15) is 38.1 Å². The minimum Gasteiger partial charge on any atom is -0.369 e. The summed E-state index contributed by atoms with van der Waals surface area (Å²) in [5.41, 5.74) is 1.28. The van der Waals surface area contributed by atoms with Gasteiger partial charge in [-0.25, -0.2) is 4.99 Å². The van der Waals surface area contributed by atoms with Gasteiger partial charge < -0.3 is 20.3 Å². The van der Waals surface area contributed by atoms with Gasteiger partial charge in [0.25, 0.3) is 0 Å². The molecule has 7 heteroatoms. The highest BCUT2D eigenvalue weighted by Gasteiger charge is 2.26. The van der Waals surface area contributed by atoms with Crippen molar-refractivity contribution in [2.24, 2.45) is 10.4 Å². The van der Waals surface area contributed by atoms with Crippen molar-refractivity contribution in [1.29, 1.82) is 0 Å². The van der Waals surface area contributed by atoms with Crippen LogP contribution in [-0.4, -0.2) is 33.8 Å². The first kappa shape index (κ1) is 18.5. The minimum atomic E-state index is -0.814. The van der Waals surface area contributed by atoms with Gasteiger partial charge in [-0.15, -0.1) is 0 Å². The molecule has 1 aliphatic heterocycles. The number of H-pyrrole nitrogens is 1. The van der Waals surface area contributed by atoms with Gasteiger partial charge in [-0.2, -0.15) is 0 Å². The first-order valence-electron chi connectivity index (χ1n) is 8.51. The smallest absolute Gasteiger partial charge is 0.230 e. The molecule has 1 unspecified atom stereocenters. The number of benzene rings is 1. The number of halogens is 1. The summed E-state index contributed by atoms with van der Waals surface area (Å²) in [5, 5.41) is 14.2. The number of aromatic nitrogens is 1. The number of fused-ring (bicyclic) bond motifs is 1. The van der Waals surface area contributed by atoms with Gasteiger partial charge in [0.1, 0.15) is 11.6 Å². The van der Waals surface area contributed by atoms with Gasteiger partial charge in [0, 0.05) is 22.5 Å². The van der Waals surface area contributed by atoms with Crippen molar-refractivity contribution in [1.82, 2.24) is 9.88 Å². The van der Waals surface area contributed by atoms with Gasteiger partial charge >= 0.3 is 0 Å². The molecule has 3 N–H and O–H groups in total. The van der Waals surface area contributed by atoms with Crippen LogP contribution in [-0.2, 0) is 11.2 Å². The lowest BCUT2D eigenvalue weighted by molar-refractivity contribution is -0.123. The Labute approximate surface area is 157 Å². The van der Waals surface area contributed by atoms with Crippen LogP contribution in [0.5, 0.6) is 0 Å². The fraction of sp³-hybridized carbons (Fsp3) is 0.368. The van der Waals surface area contributed by atoms with E-state index in [4.69, 9.17) is 11.6 Å². The molecule has 1 atom stereocenters. The summed E-state index contributed by atoms with van der Waals surface area (Å²) in [6.07, 6.45) is 1.56. The third-order valence-corrected chi connectivity index (χ3v) is 4.51. The van der Waals surface area contributed by atoms with Crippen molar-refractivity contribution in [3.63, 3.8) is 0 Å². The molecule has 0 bridgehead atoms. The second-order valence-corrected chi connectivity index (χ2v) is 7.86. The Morgan fingerprint density at radius 2 is 2.04 bits per heavy atom. The van der Waals surface area contributed by atoms with Gasteiger partial charge in [-0.1, -0.05) is 44.5 Å². The number of aliphatic hydroxyl groups is 1. The zero-order valence-corrected chi connectivity index (χ0v) is 15.8. The van der Waals surface area contributed by atoms with E-state index in [-0.39, 0.29) is 5.91 Å². The fourth-order valence-corrected chi connectivity index (χ4v) is 2.73. The second kappa shape index (κ2) is 7.13. The zero-order chi connectivity index (χ0) is 18.9. The highest BCUT2D eigenvalue weighted by atomic mass is 35.5. The number of carbonyl (C=O) groups excluding carboxylic acids is 1. The zero-order valence-electron chi connectivity index (χ0n) is 15.1. The van der Waals surface area contributed by atoms with E-state index in [1.807, 2.05) is 45.0 Å². The number of anilines is 1. The summed E-state index contributed by atoms with van der Waals surface area (Å²) >= 11 is 5.90. The van der Waals surface area contributed by atoms with Crippen LogP contribution in [0.3, 0.4) is 0 Å². The lowest BCUT2D eigenvalue weighted by atomic mass is 9.96. The Hall–Kier alpha value is -2.31. The number of hydrogen-bond acceptors (Lipinski definition) is 4. The van der Waals surface area contributed by atoms with Crippen LogP contribution in [0.15, 0.2) is 35.3 Å². The summed E-state index contributed by atoms with van der Waals surface area (Å²) in [7, 11) is 0. The molecule has 0 aliphatic carbocycles. The van der Waals surface area contributed by atoms with E-state index in [9.17, 15) is 9.90 Å². The molecule has 0 saturated carbocycles. The number of aromatic amines is 1. The van der Waals surface area contributed by atoms with E-state index in [0.717, 1.165) is 12.0 Å². The first-order valence-corrected chi connectivity index (χ1v) is 8.88. The highest BCUT2D eigenvalue weighted by Crippen LogP contribution is 2.33. The molecule has 1 amide bonds. The topological polar surface area (TPSA) is 80.7 Å². The molecule has 0 fully saturated rings. The summed E-state index contributed by atoms with van der Waals surface area (Å²) in [6.45, 7) is 6.14. The van der Waals surface area contributed by atoms with E-state index in [2.05, 4.69) is 15.3 Å². The van der Waals surface area contributed by atoms with E-state index >= 15 is 0 Å². The molecule has 1 aromatic heterocycles. The third kappa shape index (κ3) is 4.08. The van der Waals surface area contributed by atoms with Crippen molar-refractivity contribution >= 4 is 35.5 Å². The Bertz CT molecular complexity index is 821. The number of hydrogen-bond donors (Lipinski definition) is 3. The number of carbonyl (C=O) groups is 1. The first-order chi connectivity index (χ1) is 12.2. The SMILES string of the molecule is CC(C)(C)C(=O)Nc1cc2c([nH]1)N=CN(CCc1ccc(Cl)cc1)C2O. The van der Waals surface area contributed by atoms with Gasteiger partial charge in [0.05, 0.1) is 6.34 Å². The van der Waals surface area contributed by atoms with E-state index in [1.54, 1.807) is 17.3 Å². The molecule has 3 rings (SSSR count). The Morgan fingerprint density at radius 1 is 1.35 bits per heavy atom. The predicted molar refractivity (Wildman–Crippen MR) is 104 cm³/mol. The Morgan fingerprint density at radius 3 is 2.69 bits per heavy atom. The number of aliphatic imine (C=N–C) groups is 1. The minimum absolute atomic E-state index is 0.103. The maximum Gasteiger partial charge on any atom is 0.230 e. The molecule has 1 aliphatic rings. The quantitative estimate of drug-likeness (QED) is 0.760. The van der Waals surface area contributed by atoms with Gasteiger partial charge in [-0.05, 0) is 30.2 Å². The Balaban J connectivity index is 1.67. The molecule has 1 aromatic carbocycles. The van der Waals surface area contributed by atoms with Gasteiger partial charge in [-0.3, -0.25) is 4.79 Å². The molecule has 2 aromatic rings. The van der Waals surface area contributed by atoms with Crippen LogP contribution in [0.2, 0.25) is 5.02 Å². The molecule has 0 radical (unpaired) electrons. The molecule has 2 heterocycles. The number of nitrogens with one attached hydrogen (secondary N) is 2. The van der Waals surface area contributed by atoms with Crippen molar-refractivity contribution in [2.45, 2.75) is 33.4 Å². The van der Waals surface area contributed by atoms with Crippen molar-refractivity contribution in [3.05, 3.63) is 46.5 Å². The van der Waals surface area contributed by atoms with Crippen LogP contribution >= 0.6 is 11.6 Å². The summed E-state index contributed by atoms with van der Waals surface area (Å²) < 4.78 is 0. The van der Waals surface area contributed by atoms with E-state index in [0.29, 0.717) is 28.8 Å². The molecule has 138 valence electrons. The van der Waals surface area contributed by atoms with Crippen LogP contribution in [0, 0.1) is 5.41 Å². The van der Waals surface area contributed by atoms with E-state index < -0.39 is 11.6 Å². The maximum absolute atomic E-state index is 12.1. The van der Waals surface area contributed by atoms with Crippen molar-refractivity contribution in [2.75, 3.05) is 11.9 Å². The largest absolute Gasteiger partial charge is 0.369 e. The average Bonchev–Trinajstić information content (AvgIpc) is 2.98. The number of rotatable bonds is 4. The van der Waals surface area contributed by atoms with Crippen LogP contribution < -0.4 is 5.32 Å². The number of aliphatic hydroxyl groups excluding tert-OH is 1. The second-order valence-electron chi connectivity index (χ2n) is 7.42. The van der Waals surface area contributed by atoms with Crippen molar-refractivity contribution in [3.8, 4) is 0 Å². The number of amides is 1. The molecule has 0 saturated heterocycles. The standard InChI is InChI=1S/C19H23ClN4O2/c1-19(2,3)18(26)23-15-10-14-16(22-15)21-11-24(17(14)25)9-8-12-4-6-13(20)7-5-12/h4-7,10-11,17,22,25H,8-9H2,1-3H3,(H,23,26). The molecule has 26 heavy (non-hydrogen) atoms. The normalized spacial score (nSPS) is 16.5. The molecule has 6 nitrogen and oxygen atoms in total. The third-order valence-electron chi connectivity index (χ3n) is 4.26. The molecule has 0 spiro atoms. The number of nitrogens with zero attached hydrogens (tertiary/aromatic N) is 2. The summed E-state index contributed by atoms with van der Waals surface area (Å²) in [5.74, 6) is 0.990. The molecular weight excluding hydrogens is 352 g/mol.